The molecule has 1 aliphatic carbocycles. The maximum atomic E-state index is 12.4. The molecule has 1 aromatic rings. The van der Waals surface area contributed by atoms with Crippen molar-refractivity contribution in [2.24, 2.45) is 0 Å². The van der Waals surface area contributed by atoms with Crippen LogP contribution in [0.15, 0.2) is 35.9 Å². The lowest BCUT2D eigenvalue weighted by molar-refractivity contribution is -0.130. The lowest BCUT2D eigenvalue weighted by Gasteiger charge is -2.47. The molecule has 2 atom stereocenters. The fourth-order valence-electron chi connectivity index (χ4n) is 4.13. The first-order valence-electron chi connectivity index (χ1n) is 7.75. The molecule has 5 heteroatoms. The highest BCUT2D eigenvalue weighted by atomic mass is 16.5. The third-order valence-electron chi connectivity index (χ3n) is 5.15. The largest absolute Gasteiger partial charge is 0.493 e. The quantitative estimate of drug-likeness (QED) is 0.900. The number of amides is 1. The van der Waals surface area contributed by atoms with Crippen molar-refractivity contribution in [2.75, 3.05) is 20.8 Å². The van der Waals surface area contributed by atoms with Gasteiger partial charge in [0.15, 0.2) is 11.5 Å². The molecule has 3 aliphatic rings. The summed E-state index contributed by atoms with van der Waals surface area (Å²) in [5.41, 5.74) is 2.53. The van der Waals surface area contributed by atoms with Crippen molar-refractivity contribution in [1.82, 2.24) is 4.90 Å². The van der Waals surface area contributed by atoms with Gasteiger partial charge in [-0.3, -0.25) is 4.79 Å². The number of methoxy groups -OCH3 is 2. The maximum Gasteiger partial charge on any atom is 0.247 e. The van der Waals surface area contributed by atoms with E-state index in [1.54, 1.807) is 26.4 Å². The zero-order valence-electron chi connectivity index (χ0n) is 13.2. The Morgan fingerprint density at radius 3 is 2.74 bits per heavy atom. The van der Waals surface area contributed by atoms with Crippen molar-refractivity contribution in [2.45, 2.75) is 24.5 Å². The van der Waals surface area contributed by atoms with Crippen molar-refractivity contribution in [1.29, 1.82) is 0 Å². The van der Waals surface area contributed by atoms with Crippen LogP contribution in [-0.4, -0.2) is 42.8 Å². The van der Waals surface area contributed by atoms with Gasteiger partial charge in [-0.15, -0.1) is 0 Å². The zero-order chi connectivity index (χ0) is 16.2. The highest BCUT2D eigenvalue weighted by Gasteiger charge is 2.52. The van der Waals surface area contributed by atoms with E-state index in [1.807, 2.05) is 23.1 Å². The number of carbonyl (C=O) groups excluding carboxylic acids is 1. The highest BCUT2D eigenvalue weighted by Crippen LogP contribution is 2.52. The number of hydrogen-bond acceptors (Lipinski definition) is 4. The summed E-state index contributed by atoms with van der Waals surface area (Å²) in [6.45, 7) is 0.641. The summed E-state index contributed by atoms with van der Waals surface area (Å²) in [6.07, 6.45) is 5.99. The fourth-order valence-corrected chi connectivity index (χ4v) is 4.13. The normalized spacial score (nSPS) is 28.0. The van der Waals surface area contributed by atoms with Crippen LogP contribution in [0.4, 0.5) is 0 Å². The number of nitrogens with zero attached hydrogens (tertiary/aromatic N) is 1. The second-order valence-corrected chi connectivity index (χ2v) is 6.19. The van der Waals surface area contributed by atoms with Crippen LogP contribution in [0.1, 0.15) is 17.5 Å². The molecular weight excluding hydrogens is 294 g/mol. The van der Waals surface area contributed by atoms with Gasteiger partial charge >= 0.3 is 0 Å². The van der Waals surface area contributed by atoms with E-state index >= 15 is 0 Å². The monoisotopic (exact) mass is 313 g/mol. The molecule has 4 rings (SSSR count). The SMILES string of the molecule is COc1cc2c(cc1OC)[C@@]13C[C@H](O)C=CC1=CC(=O)N3CC2. The first-order valence-corrected chi connectivity index (χ1v) is 7.75. The molecule has 0 saturated carbocycles. The first kappa shape index (κ1) is 14.3. The molecule has 120 valence electrons. The molecule has 2 aliphatic heterocycles. The summed E-state index contributed by atoms with van der Waals surface area (Å²) in [4.78, 5) is 14.3. The molecule has 1 aromatic carbocycles. The lowest BCUT2D eigenvalue weighted by Crippen LogP contribution is -2.52. The number of fused-ring (bicyclic) bond motifs is 1. The van der Waals surface area contributed by atoms with Crippen LogP contribution in [0.25, 0.3) is 0 Å². The van der Waals surface area contributed by atoms with Crippen LogP contribution in [0.5, 0.6) is 11.5 Å². The number of aliphatic hydroxyl groups excluding tert-OH is 1. The van der Waals surface area contributed by atoms with Crippen LogP contribution in [-0.2, 0) is 16.8 Å². The molecule has 1 spiro atoms. The number of ether oxygens (including phenoxy) is 2. The van der Waals surface area contributed by atoms with Gasteiger partial charge < -0.3 is 19.5 Å². The van der Waals surface area contributed by atoms with Gasteiger partial charge in [0, 0.05) is 19.0 Å². The number of carbonyl (C=O) groups is 1. The lowest BCUT2D eigenvalue weighted by atomic mass is 9.71. The van der Waals surface area contributed by atoms with E-state index in [0.29, 0.717) is 24.5 Å². The molecule has 0 radical (unpaired) electrons. The minimum absolute atomic E-state index is 0.0131. The van der Waals surface area contributed by atoms with Crippen molar-refractivity contribution in [3.05, 3.63) is 47.1 Å². The predicted octanol–water partition coefficient (Wildman–Crippen LogP) is 1.54. The van der Waals surface area contributed by atoms with E-state index in [4.69, 9.17) is 9.47 Å². The Morgan fingerprint density at radius 2 is 2.00 bits per heavy atom. The summed E-state index contributed by atoms with van der Waals surface area (Å²) in [5, 5.41) is 10.2. The zero-order valence-corrected chi connectivity index (χ0v) is 13.2. The molecule has 0 fully saturated rings. The highest BCUT2D eigenvalue weighted by molar-refractivity contribution is 5.95. The average molecular weight is 313 g/mol. The molecule has 23 heavy (non-hydrogen) atoms. The van der Waals surface area contributed by atoms with E-state index in [0.717, 1.165) is 23.1 Å². The summed E-state index contributed by atoms with van der Waals surface area (Å²) in [7, 11) is 3.23. The summed E-state index contributed by atoms with van der Waals surface area (Å²) in [6, 6.07) is 3.95. The van der Waals surface area contributed by atoms with Gasteiger partial charge in [0.25, 0.3) is 0 Å². The van der Waals surface area contributed by atoms with Crippen LogP contribution in [0.2, 0.25) is 0 Å². The van der Waals surface area contributed by atoms with Crippen molar-refractivity contribution in [3.63, 3.8) is 0 Å². The second kappa shape index (κ2) is 4.86. The molecule has 2 heterocycles. The molecule has 0 unspecified atom stereocenters. The Bertz CT molecular complexity index is 752. The van der Waals surface area contributed by atoms with Gasteiger partial charge in [0.2, 0.25) is 5.91 Å². The maximum absolute atomic E-state index is 12.4. The van der Waals surface area contributed by atoms with Crippen molar-refractivity contribution >= 4 is 5.91 Å². The Morgan fingerprint density at radius 1 is 1.26 bits per heavy atom. The fraction of sp³-hybridized carbons (Fsp3) is 0.389. The Hall–Kier alpha value is -2.27. The summed E-state index contributed by atoms with van der Waals surface area (Å²) < 4.78 is 10.9. The van der Waals surface area contributed by atoms with E-state index in [-0.39, 0.29) is 5.91 Å². The van der Waals surface area contributed by atoms with Gasteiger partial charge in [0.1, 0.15) is 0 Å². The molecular formula is C18H19NO4. The van der Waals surface area contributed by atoms with Crippen molar-refractivity contribution < 1.29 is 19.4 Å². The number of rotatable bonds is 2. The number of aliphatic hydroxyl groups is 1. The van der Waals surface area contributed by atoms with Gasteiger partial charge in [-0.1, -0.05) is 12.2 Å². The smallest absolute Gasteiger partial charge is 0.247 e. The molecule has 0 bridgehead atoms. The molecule has 5 nitrogen and oxygen atoms in total. The molecule has 0 aromatic heterocycles. The molecule has 0 saturated heterocycles. The minimum atomic E-state index is -0.585. The predicted molar refractivity (Wildman–Crippen MR) is 84.5 cm³/mol. The third-order valence-corrected chi connectivity index (χ3v) is 5.15. The topological polar surface area (TPSA) is 59.0 Å². The second-order valence-electron chi connectivity index (χ2n) is 6.19. The minimum Gasteiger partial charge on any atom is -0.493 e. The van der Waals surface area contributed by atoms with E-state index < -0.39 is 11.6 Å². The summed E-state index contributed by atoms with van der Waals surface area (Å²) >= 11 is 0. The van der Waals surface area contributed by atoms with Crippen molar-refractivity contribution in [3.8, 4) is 11.5 Å². The van der Waals surface area contributed by atoms with E-state index in [9.17, 15) is 9.90 Å². The van der Waals surface area contributed by atoms with Gasteiger partial charge in [0.05, 0.1) is 25.9 Å². The van der Waals surface area contributed by atoms with Gasteiger partial charge in [-0.25, -0.2) is 0 Å². The van der Waals surface area contributed by atoms with E-state index in [1.165, 1.54) is 0 Å². The van der Waals surface area contributed by atoms with Crippen LogP contribution >= 0.6 is 0 Å². The Kier molecular flexibility index (Phi) is 3.03. The van der Waals surface area contributed by atoms with Crippen LogP contribution in [0, 0.1) is 0 Å². The Labute approximate surface area is 134 Å². The number of benzene rings is 1. The summed E-state index contributed by atoms with van der Waals surface area (Å²) in [5.74, 6) is 1.35. The first-order chi connectivity index (χ1) is 11.1. The van der Waals surface area contributed by atoms with E-state index in [2.05, 4.69) is 0 Å². The standard InChI is InChI=1S/C18H19NO4/c1-22-15-7-11-5-6-19-17(21)8-12-3-4-13(20)10-18(12,19)14(11)9-16(15)23-2/h3-4,7-9,13,20H,5-6,10H2,1-2H3/t13-,18-/m1/s1. The van der Waals surface area contributed by atoms with Crippen LogP contribution < -0.4 is 9.47 Å². The Balaban J connectivity index is 1.97. The number of hydrogen-bond donors (Lipinski definition) is 1. The van der Waals surface area contributed by atoms with Gasteiger partial charge in [-0.2, -0.15) is 0 Å². The molecule has 1 N–H and O–H groups in total. The van der Waals surface area contributed by atoms with Crippen LogP contribution in [0.3, 0.4) is 0 Å². The average Bonchev–Trinajstić information content (AvgIpc) is 2.85. The third kappa shape index (κ3) is 1.80. The van der Waals surface area contributed by atoms with Gasteiger partial charge in [-0.05, 0) is 35.3 Å². The molecule has 1 amide bonds.